The van der Waals surface area contributed by atoms with E-state index in [1.807, 2.05) is 0 Å². The molecule has 1 saturated heterocycles. The van der Waals surface area contributed by atoms with E-state index in [4.69, 9.17) is 0 Å². The van der Waals surface area contributed by atoms with Crippen LogP contribution < -0.4 is 5.32 Å². The Bertz CT molecular complexity index is 155. The molecule has 2 heteroatoms. The largest absolute Gasteiger partial charge is 0.316 e. The molecule has 1 fully saturated rings. The fourth-order valence-electron chi connectivity index (χ4n) is 2.54. The van der Waals surface area contributed by atoms with Gasteiger partial charge in [-0.1, -0.05) is 45.4 Å². The average Bonchev–Trinajstić information content (AvgIpc) is 2.34. The zero-order valence-electron chi connectivity index (χ0n) is 10.8. The molecule has 0 spiro atoms. The van der Waals surface area contributed by atoms with Crippen molar-refractivity contribution in [2.75, 3.05) is 13.1 Å². The Morgan fingerprint density at radius 3 is 2.62 bits per heavy atom. The molecule has 0 amide bonds. The molecule has 0 aromatic heterocycles. The number of hydrogen-bond acceptors (Lipinski definition) is 1. The second-order valence-corrected chi connectivity index (χ2v) is 5.18. The molecular formula is C14H28FN. The van der Waals surface area contributed by atoms with Gasteiger partial charge in [-0.3, -0.25) is 0 Å². The Balaban J connectivity index is 1.94. The number of piperidine rings is 1. The van der Waals surface area contributed by atoms with Gasteiger partial charge in [0.25, 0.3) is 0 Å². The number of hydrogen-bond donors (Lipinski definition) is 1. The van der Waals surface area contributed by atoms with Gasteiger partial charge in [0, 0.05) is 12.5 Å². The summed E-state index contributed by atoms with van der Waals surface area (Å²) >= 11 is 0. The first-order valence-electron chi connectivity index (χ1n) is 7.19. The molecule has 2 atom stereocenters. The predicted molar refractivity (Wildman–Crippen MR) is 68.5 cm³/mol. The fourth-order valence-corrected chi connectivity index (χ4v) is 2.54. The molecule has 0 bridgehead atoms. The highest BCUT2D eigenvalue weighted by molar-refractivity contribution is 4.75. The van der Waals surface area contributed by atoms with E-state index < -0.39 is 6.17 Å². The minimum absolute atomic E-state index is 0.296. The van der Waals surface area contributed by atoms with E-state index in [0.29, 0.717) is 5.92 Å². The first kappa shape index (κ1) is 14.0. The van der Waals surface area contributed by atoms with E-state index in [1.54, 1.807) is 0 Å². The molecule has 1 aliphatic heterocycles. The SMILES string of the molecule is CCCCCCCCC(F)C1CCCNC1. The third-order valence-corrected chi connectivity index (χ3v) is 3.68. The quantitative estimate of drug-likeness (QED) is 0.619. The molecule has 0 aromatic rings. The zero-order chi connectivity index (χ0) is 11.6. The van der Waals surface area contributed by atoms with Gasteiger partial charge >= 0.3 is 0 Å². The Labute approximate surface area is 100 Å². The average molecular weight is 229 g/mol. The highest BCUT2D eigenvalue weighted by Gasteiger charge is 2.22. The molecule has 1 N–H and O–H groups in total. The summed E-state index contributed by atoms with van der Waals surface area (Å²) in [6.45, 7) is 4.21. The number of halogens is 1. The minimum Gasteiger partial charge on any atom is -0.316 e. The summed E-state index contributed by atoms with van der Waals surface area (Å²) in [5.41, 5.74) is 0. The van der Waals surface area contributed by atoms with Crippen molar-refractivity contribution in [1.29, 1.82) is 0 Å². The van der Waals surface area contributed by atoms with Gasteiger partial charge < -0.3 is 5.32 Å². The normalized spacial score (nSPS) is 23.2. The summed E-state index contributed by atoms with van der Waals surface area (Å²) in [6.07, 6.45) is 10.0. The van der Waals surface area contributed by atoms with Gasteiger partial charge in [-0.25, -0.2) is 4.39 Å². The first-order valence-corrected chi connectivity index (χ1v) is 7.19. The van der Waals surface area contributed by atoms with Gasteiger partial charge in [0.05, 0.1) is 0 Å². The molecule has 0 aromatic carbocycles. The standard InChI is InChI=1S/C14H28FN/c1-2-3-4-5-6-7-10-14(15)13-9-8-11-16-12-13/h13-14,16H,2-12H2,1H3. The lowest BCUT2D eigenvalue weighted by molar-refractivity contribution is 0.177. The Morgan fingerprint density at radius 2 is 1.94 bits per heavy atom. The zero-order valence-corrected chi connectivity index (χ0v) is 10.8. The van der Waals surface area contributed by atoms with Crippen LogP contribution in [0.2, 0.25) is 0 Å². The van der Waals surface area contributed by atoms with Gasteiger partial charge in [0.15, 0.2) is 0 Å². The summed E-state index contributed by atoms with van der Waals surface area (Å²) in [5.74, 6) is 0.296. The highest BCUT2D eigenvalue weighted by Crippen LogP contribution is 2.22. The van der Waals surface area contributed by atoms with Gasteiger partial charge in [-0.05, 0) is 25.8 Å². The smallest absolute Gasteiger partial charge is 0.104 e. The van der Waals surface area contributed by atoms with Crippen LogP contribution in [0, 0.1) is 5.92 Å². The van der Waals surface area contributed by atoms with E-state index in [2.05, 4.69) is 12.2 Å². The topological polar surface area (TPSA) is 12.0 Å². The van der Waals surface area contributed by atoms with E-state index in [1.165, 1.54) is 32.1 Å². The Hall–Kier alpha value is -0.110. The van der Waals surface area contributed by atoms with Gasteiger partial charge in [-0.2, -0.15) is 0 Å². The van der Waals surface area contributed by atoms with Crippen LogP contribution >= 0.6 is 0 Å². The van der Waals surface area contributed by atoms with Crippen LogP contribution in [-0.4, -0.2) is 19.3 Å². The molecule has 0 saturated carbocycles. The third-order valence-electron chi connectivity index (χ3n) is 3.68. The van der Waals surface area contributed by atoms with Gasteiger partial charge in [0.1, 0.15) is 6.17 Å². The lowest BCUT2D eigenvalue weighted by atomic mass is 9.91. The van der Waals surface area contributed by atoms with Crippen molar-refractivity contribution in [2.45, 2.75) is 70.9 Å². The highest BCUT2D eigenvalue weighted by atomic mass is 19.1. The van der Waals surface area contributed by atoms with Crippen LogP contribution in [0.15, 0.2) is 0 Å². The van der Waals surface area contributed by atoms with E-state index in [0.717, 1.165) is 38.8 Å². The summed E-state index contributed by atoms with van der Waals surface area (Å²) < 4.78 is 13.8. The Kier molecular flexibility index (Phi) is 7.83. The van der Waals surface area contributed by atoms with Crippen LogP contribution in [0.3, 0.4) is 0 Å². The van der Waals surface area contributed by atoms with Gasteiger partial charge in [0.2, 0.25) is 0 Å². The van der Waals surface area contributed by atoms with E-state index in [9.17, 15) is 4.39 Å². The van der Waals surface area contributed by atoms with Crippen LogP contribution in [-0.2, 0) is 0 Å². The maximum atomic E-state index is 13.8. The van der Waals surface area contributed by atoms with Crippen LogP contribution in [0.4, 0.5) is 4.39 Å². The molecule has 16 heavy (non-hydrogen) atoms. The first-order chi connectivity index (χ1) is 7.84. The summed E-state index contributed by atoms with van der Waals surface area (Å²) in [4.78, 5) is 0. The molecular weight excluding hydrogens is 201 g/mol. The maximum Gasteiger partial charge on any atom is 0.104 e. The molecule has 1 rings (SSSR count). The number of alkyl halides is 1. The molecule has 0 radical (unpaired) electrons. The Morgan fingerprint density at radius 1 is 1.19 bits per heavy atom. The third kappa shape index (κ3) is 5.83. The van der Waals surface area contributed by atoms with Crippen LogP contribution in [0.1, 0.15) is 64.7 Å². The maximum absolute atomic E-state index is 13.8. The van der Waals surface area contributed by atoms with Crippen molar-refractivity contribution in [3.05, 3.63) is 0 Å². The predicted octanol–water partition coefficient (Wildman–Crippen LogP) is 4.07. The second-order valence-electron chi connectivity index (χ2n) is 5.18. The number of nitrogens with one attached hydrogen (secondary N) is 1. The van der Waals surface area contributed by atoms with Crippen molar-refractivity contribution in [2.24, 2.45) is 5.92 Å². The van der Waals surface area contributed by atoms with Crippen molar-refractivity contribution in [1.82, 2.24) is 5.32 Å². The minimum atomic E-state index is -0.557. The summed E-state index contributed by atoms with van der Waals surface area (Å²) in [6, 6.07) is 0. The van der Waals surface area contributed by atoms with Crippen molar-refractivity contribution in [3.8, 4) is 0 Å². The lowest BCUT2D eigenvalue weighted by Crippen LogP contribution is -2.35. The summed E-state index contributed by atoms with van der Waals surface area (Å²) in [7, 11) is 0. The molecule has 1 heterocycles. The number of unbranched alkanes of at least 4 members (excludes halogenated alkanes) is 5. The van der Waals surface area contributed by atoms with Crippen LogP contribution in [0.5, 0.6) is 0 Å². The lowest BCUT2D eigenvalue weighted by Gasteiger charge is -2.25. The monoisotopic (exact) mass is 229 g/mol. The fraction of sp³-hybridized carbons (Fsp3) is 1.00. The van der Waals surface area contributed by atoms with Crippen molar-refractivity contribution >= 4 is 0 Å². The molecule has 96 valence electrons. The molecule has 1 aliphatic rings. The second kappa shape index (κ2) is 8.98. The van der Waals surface area contributed by atoms with E-state index >= 15 is 0 Å². The molecule has 2 unspecified atom stereocenters. The number of rotatable bonds is 8. The molecule has 1 nitrogen and oxygen atoms in total. The summed E-state index contributed by atoms with van der Waals surface area (Å²) in [5, 5.41) is 3.29. The molecule has 0 aliphatic carbocycles. The van der Waals surface area contributed by atoms with E-state index in [-0.39, 0.29) is 0 Å². The van der Waals surface area contributed by atoms with Crippen molar-refractivity contribution < 1.29 is 4.39 Å². The van der Waals surface area contributed by atoms with Crippen LogP contribution in [0.25, 0.3) is 0 Å². The van der Waals surface area contributed by atoms with Gasteiger partial charge in [-0.15, -0.1) is 0 Å². The van der Waals surface area contributed by atoms with Crippen molar-refractivity contribution in [3.63, 3.8) is 0 Å².